The monoisotopic (exact) mass is 1140 g/mol. The van der Waals surface area contributed by atoms with E-state index in [0.29, 0.717) is 19.3 Å². The van der Waals surface area contributed by atoms with Crippen molar-refractivity contribution in [1.29, 1.82) is 0 Å². The minimum atomic E-state index is -0.783. The number of rotatable bonds is 63. The highest BCUT2D eigenvalue weighted by atomic mass is 16.6. The fourth-order valence-electron chi connectivity index (χ4n) is 9.88. The van der Waals surface area contributed by atoms with Crippen LogP contribution in [0.5, 0.6) is 0 Å². The predicted molar refractivity (Wildman–Crippen MR) is 357 cm³/mol. The van der Waals surface area contributed by atoms with Crippen LogP contribution in [0.15, 0.2) is 109 Å². The van der Waals surface area contributed by atoms with E-state index in [1.54, 1.807) is 0 Å². The molecule has 0 aliphatic rings. The molecular weight excluding hydrogens is 1010 g/mol. The van der Waals surface area contributed by atoms with Crippen LogP contribution in [0.2, 0.25) is 0 Å². The van der Waals surface area contributed by atoms with Gasteiger partial charge in [0.25, 0.3) is 0 Å². The summed E-state index contributed by atoms with van der Waals surface area (Å²) in [4.78, 5) is 38.5. The Labute approximate surface area is 508 Å². The lowest BCUT2D eigenvalue weighted by Gasteiger charge is -2.18. The molecule has 0 amide bonds. The first-order valence-electron chi connectivity index (χ1n) is 34.9. The van der Waals surface area contributed by atoms with Crippen molar-refractivity contribution in [1.82, 2.24) is 0 Å². The molecule has 0 N–H and O–H groups in total. The van der Waals surface area contributed by atoms with Crippen molar-refractivity contribution in [3.05, 3.63) is 109 Å². The number of ether oxygens (including phenoxy) is 3. The number of esters is 3. The van der Waals surface area contributed by atoms with Crippen LogP contribution < -0.4 is 0 Å². The molecular formula is C76H130O6. The molecule has 0 bridgehead atoms. The zero-order valence-electron chi connectivity index (χ0n) is 54.0. The molecule has 0 aromatic heterocycles. The van der Waals surface area contributed by atoms with Gasteiger partial charge in [-0.3, -0.25) is 14.4 Å². The number of carbonyl (C=O) groups excluding carboxylic acids is 3. The smallest absolute Gasteiger partial charge is 0.306 e. The Balaban J connectivity index is 4.33. The Hall–Kier alpha value is -3.93. The second-order valence-corrected chi connectivity index (χ2v) is 23.0. The van der Waals surface area contributed by atoms with Gasteiger partial charge in [-0.05, 0) is 103 Å². The maximum Gasteiger partial charge on any atom is 0.306 e. The topological polar surface area (TPSA) is 78.9 Å². The molecule has 82 heavy (non-hydrogen) atoms. The molecule has 0 spiro atoms. The first-order valence-corrected chi connectivity index (χ1v) is 34.9. The standard InChI is InChI=1S/C76H130O6/c1-4-7-10-13-16-19-22-25-28-30-32-34-36-38-40-42-44-46-48-51-54-57-60-63-66-69-75(78)81-72-73(71-80-74(77)68-65-62-59-56-53-50-27-24-21-18-15-12-9-6-3)82-76(79)70-67-64-61-58-55-52-49-47-45-43-41-39-37-35-33-31-29-26-23-20-17-14-11-8-5-2/h7-8,10-11,16-17,19-20,25-26,28-29,32-35,38,40,73H,4-6,9,12-15,18,21-24,27,30-31,36-37,39,41-72H2,1-3H3/b10-7-,11-8-,19-16-,20-17-,28-25-,29-26-,34-32-,35-33-,40-38-. The van der Waals surface area contributed by atoms with Crippen molar-refractivity contribution in [2.45, 2.75) is 341 Å². The molecule has 1 atom stereocenters. The number of hydrogen-bond donors (Lipinski definition) is 0. The van der Waals surface area contributed by atoms with Crippen LogP contribution in [0.3, 0.4) is 0 Å². The summed E-state index contributed by atoms with van der Waals surface area (Å²) in [5, 5.41) is 0. The van der Waals surface area contributed by atoms with Crippen LogP contribution in [0.1, 0.15) is 335 Å². The van der Waals surface area contributed by atoms with Crippen LogP contribution >= 0.6 is 0 Å². The summed E-state index contributed by atoms with van der Waals surface area (Å²) in [7, 11) is 0. The maximum atomic E-state index is 13.0. The molecule has 470 valence electrons. The van der Waals surface area contributed by atoms with Crippen molar-refractivity contribution < 1.29 is 28.6 Å². The van der Waals surface area contributed by atoms with Crippen molar-refractivity contribution in [2.75, 3.05) is 13.2 Å². The van der Waals surface area contributed by atoms with Gasteiger partial charge >= 0.3 is 17.9 Å². The van der Waals surface area contributed by atoms with Gasteiger partial charge in [0.15, 0.2) is 6.10 Å². The second-order valence-electron chi connectivity index (χ2n) is 23.0. The molecule has 0 saturated carbocycles. The molecule has 1 unspecified atom stereocenters. The average molecular weight is 1140 g/mol. The van der Waals surface area contributed by atoms with Crippen LogP contribution in [0.25, 0.3) is 0 Å². The lowest BCUT2D eigenvalue weighted by atomic mass is 10.0. The summed E-state index contributed by atoms with van der Waals surface area (Å²) in [5.41, 5.74) is 0. The van der Waals surface area contributed by atoms with Gasteiger partial charge < -0.3 is 14.2 Å². The molecule has 0 saturated heterocycles. The van der Waals surface area contributed by atoms with E-state index < -0.39 is 6.10 Å². The quantitative estimate of drug-likeness (QED) is 0.0261. The minimum absolute atomic E-state index is 0.0775. The van der Waals surface area contributed by atoms with Gasteiger partial charge in [0.1, 0.15) is 13.2 Å². The van der Waals surface area contributed by atoms with E-state index in [2.05, 4.69) is 130 Å². The van der Waals surface area contributed by atoms with E-state index in [-0.39, 0.29) is 31.1 Å². The Bertz CT molecular complexity index is 1640. The third-order valence-electron chi connectivity index (χ3n) is 15.0. The average Bonchev–Trinajstić information content (AvgIpc) is 3.47. The number of carbonyl (C=O) groups is 3. The molecule has 0 fully saturated rings. The number of hydrogen-bond acceptors (Lipinski definition) is 6. The fraction of sp³-hybridized carbons (Fsp3) is 0.724. The normalized spacial score (nSPS) is 12.8. The maximum absolute atomic E-state index is 13.0. The predicted octanol–water partition coefficient (Wildman–Crippen LogP) is 24.2. The third-order valence-corrected chi connectivity index (χ3v) is 15.0. The zero-order valence-corrected chi connectivity index (χ0v) is 54.0. The van der Waals surface area contributed by atoms with Crippen molar-refractivity contribution in [3.63, 3.8) is 0 Å². The number of unbranched alkanes of at least 4 members (excludes halogenated alkanes) is 34. The Morgan fingerprint density at radius 3 is 0.744 bits per heavy atom. The minimum Gasteiger partial charge on any atom is -0.462 e. The van der Waals surface area contributed by atoms with Crippen molar-refractivity contribution in [2.24, 2.45) is 0 Å². The first-order chi connectivity index (χ1) is 40.5. The summed E-state index contributed by atoms with van der Waals surface area (Å²) in [6.07, 6.45) is 95.3. The fourth-order valence-corrected chi connectivity index (χ4v) is 9.88. The molecule has 0 aromatic carbocycles. The van der Waals surface area contributed by atoms with Crippen LogP contribution in [-0.2, 0) is 28.6 Å². The number of allylic oxidation sites excluding steroid dienone is 18. The molecule has 0 radical (unpaired) electrons. The van der Waals surface area contributed by atoms with Crippen LogP contribution in [0.4, 0.5) is 0 Å². The lowest BCUT2D eigenvalue weighted by Crippen LogP contribution is -2.30. The zero-order chi connectivity index (χ0) is 59.2. The molecule has 0 aliphatic carbocycles. The van der Waals surface area contributed by atoms with Crippen LogP contribution in [-0.4, -0.2) is 37.2 Å². The Morgan fingerprint density at radius 2 is 0.476 bits per heavy atom. The van der Waals surface area contributed by atoms with E-state index in [9.17, 15) is 14.4 Å². The van der Waals surface area contributed by atoms with Gasteiger partial charge in [0.2, 0.25) is 0 Å². The SMILES string of the molecule is CC/C=C\C/C=C\C/C=C\C/C=C\C/C=C\CCCCCCCCCCCC(=O)OCC(COC(=O)CCCCCCCCCCCCCCCC)OC(=O)CCCCCCCCCCCCCC/C=C\C/C=C\C/C=C\C/C=C\CC. The molecule has 0 heterocycles. The van der Waals surface area contributed by atoms with E-state index in [1.807, 2.05) is 0 Å². The first kappa shape index (κ1) is 78.1. The van der Waals surface area contributed by atoms with Gasteiger partial charge in [-0.15, -0.1) is 0 Å². The Kier molecular flexibility index (Phi) is 66.2. The van der Waals surface area contributed by atoms with Gasteiger partial charge in [0, 0.05) is 19.3 Å². The van der Waals surface area contributed by atoms with Crippen molar-refractivity contribution in [3.8, 4) is 0 Å². The highest BCUT2D eigenvalue weighted by Gasteiger charge is 2.19. The molecule has 6 heteroatoms. The molecule has 0 aromatic rings. The third kappa shape index (κ3) is 66.9. The lowest BCUT2D eigenvalue weighted by molar-refractivity contribution is -0.167. The Morgan fingerprint density at radius 1 is 0.256 bits per heavy atom. The highest BCUT2D eigenvalue weighted by molar-refractivity contribution is 5.71. The molecule has 6 nitrogen and oxygen atoms in total. The highest BCUT2D eigenvalue weighted by Crippen LogP contribution is 2.17. The largest absolute Gasteiger partial charge is 0.462 e. The van der Waals surface area contributed by atoms with Crippen molar-refractivity contribution >= 4 is 17.9 Å². The van der Waals surface area contributed by atoms with E-state index in [0.717, 1.165) is 122 Å². The van der Waals surface area contributed by atoms with Gasteiger partial charge in [-0.25, -0.2) is 0 Å². The molecule has 0 aliphatic heterocycles. The van der Waals surface area contributed by atoms with Gasteiger partial charge in [0.05, 0.1) is 0 Å². The summed E-state index contributed by atoms with van der Waals surface area (Å²) in [5.74, 6) is -0.871. The van der Waals surface area contributed by atoms with Gasteiger partial charge in [-0.2, -0.15) is 0 Å². The second kappa shape index (κ2) is 69.6. The van der Waals surface area contributed by atoms with Gasteiger partial charge in [-0.1, -0.05) is 323 Å². The summed E-state index contributed by atoms with van der Waals surface area (Å²) < 4.78 is 17.0. The van der Waals surface area contributed by atoms with E-state index in [1.165, 1.54) is 173 Å². The summed E-state index contributed by atoms with van der Waals surface area (Å²) in [6.45, 7) is 6.45. The molecule has 0 rings (SSSR count). The van der Waals surface area contributed by atoms with E-state index in [4.69, 9.17) is 14.2 Å². The summed E-state index contributed by atoms with van der Waals surface area (Å²) >= 11 is 0. The van der Waals surface area contributed by atoms with E-state index >= 15 is 0 Å². The van der Waals surface area contributed by atoms with Crippen LogP contribution in [0, 0.1) is 0 Å². The summed E-state index contributed by atoms with van der Waals surface area (Å²) in [6, 6.07) is 0.